The Labute approximate surface area is 148 Å². The summed E-state index contributed by atoms with van der Waals surface area (Å²) in [6, 6.07) is 17.2. The molecule has 2 aromatic rings. The van der Waals surface area contributed by atoms with E-state index in [2.05, 4.69) is 13.0 Å². The highest BCUT2D eigenvalue weighted by Crippen LogP contribution is 2.23. The molecule has 0 aromatic heterocycles. The first kappa shape index (κ1) is 17.0. The summed E-state index contributed by atoms with van der Waals surface area (Å²) in [7, 11) is 0. The van der Waals surface area contributed by atoms with Crippen molar-refractivity contribution in [3.63, 3.8) is 0 Å². The van der Waals surface area contributed by atoms with Crippen LogP contribution in [0.5, 0.6) is 5.75 Å². The highest BCUT2D eigenvalue weighted by molar-refractivity contribution is 5.78. The van der Waals surface area contributed by atoms with Gasteiger partial charge in [0.05, 0.1) is 11.6 Å². The Morgan fingerprint density at radius 2 is 1.80 bits per heavy atom. The van der Waals surface area contributed by atoms with Crippen molar-refractivity contribution < 1.29 is 9.53 Å². The molecule has 2 aromatic carbocycles. The van der Waals surface area contributed by atoms with Crippen molar-refractivity contribution >= 4 is 5.91 Å². The van der Waals surface area contributed by atoms with Crippen LogP contribution in [0, 0.1) is 17.2 Å². The fraction of sp³-hybridized carbons (Fsp3) is 0.333. The number of likely N-dealkylation sites (tertiary alicyclic amines) is 1. The van der Waals surface area contributed by atoms with Crippen LogP contribution in [0.3, 0.4) is 0 Å². The predicted octanol–water partition coefficient (Wildman–Crippen LogP) is 3.86. The molecule has 0 unspecified atom stereocenters. The molecule has 0 radical (unpaired) electrons. The van der Waals surface area contributed by atoms with Gasteiger partial charge in [-0.1, -0.05) is 31.2 Å². The molecule has 1 amide bonds. The number of piperidine rings is 1. The van der Waals surface area contributed by atoms with E-state index in [0.717, 1.165) is 30.6 Å². The van der Waals surface area contributed by atoms with Gasteiger partial charge in [-0.3, -0.25) is 4.79 Å². The Kier molecular flexibility index (Phi) is 5.35. The Hall–Kier alpha value is -2.80. The van der Waals surface area contributed by atoms with Gasteiger partial charge >= 0.3 is 0 Å². The second kappa shape index (κ2) is 7.85. The van der Waals surface area contributed by atoms with Crippen LogP contribution in [0.4, 0.5) is 0 Å². The average molecular weight is 334 g/mol. The van der Waals surface area contributed by atoms with Gasteiger partial charge in [0.25, 0.3) is 5.91 Å². The smallest absolute Gasteiger partial charge is 0.260 e. The molecule has 1 heterocycles. The van der Waals surface area contributed by atoms with E-state index in [9.17, 15) is 4.79 Å². The van der Waals surface area contributed by atoms with E-state index >= 15 is 0 Å². The van der Waals surface area contributed by atoms with E-state index in [4.69, 9.17) is 10.00 Å². The van der Waals surface area contributed by atoms with Crippen molar-refractivity contribution in [3.05, 3.63) is 54.1 Å². The first-order valence-electron chi connectivity index (χ1n) is 8.67. The monoisotopic (exact) mass is 334 g/mol. The van der Waals surface area contributed by atoms with Gasteiger partial charge in [0.15, 0.2) is 6.61 Å². The van der Waals surface area contributed by atoms with Crippen LogP contribution in [0.2, 0.25) is 0 Å². The SMILES string of the molecule is C[C@@H]1CCCN(C(=O)COc2ccc(-c3ccc(C#N)cc3)cc2)C1. The van der Waals surface area contributed by atoms with Crippen LogP contribution in [0.25, 0.3) is 11.1 Å². The standard InChI is InChI=1S/C21H22N2O2/c1-16-3-2-12-23(14-16)21(24)15-25-20-10-8-19(9-11-20)18-6-4-17(13-22)5-7-18/h4-11,16H,2-3,12,14-15H2,1H3/t16-/m1/s1. The maximum atomic E-state index is 12.2. The summed E-state index contributed by atoms with van der Waals surface area (Å²) in [6.07, 6.45) is 2.27. The number of nitriles is 1. The van der Waals surface area contributed by atoms with E-state index in [1.165, 1.54) is 6.42 Å². The highest BCUT2D eigenvalue weighted by Gasteiger charge is 2.21. The van der Waals surface area contributed by atoms with Gasteiger partial charge in [-0.2, -0.15) is 5.26 Å². The lowest BCUT2D eigenvalue weighted by Gasteiger charge is -2.30. The zero-order valence-corrected chi connectivity index (χ0v) is 14.4. The zero-order chi connectivity index (χ0) is 17.6. The first-order chi connectivity index (χ1) is 12.2. The van der Waals surface area contributed by atoms with Crippen molar-refractivity contribution in [3.8, 4) is 22.9 Å². The molecule has 1 saturated heterocycles. The number of carbonyl (C=O) groups is 1. The van der Waals surface area contributed by atoms with Crippen molar-refractivity contribution in [2.45, 2.75) is 19.8 Å². The molecule has 0 N–H and O–H groups in total. The normalized spacial score (nSPS) is 17.0. The van der Waals surface area contributed by atoms with Crippen molar-refractivity contribution in [2.75, 3.05) is 19.7 Å². The van der Waals surface area contributed by atoms with Gasteiger partial charge in [0.1, 0.15) is 5.75 Å². The summed E-state index contributed by atoms with van der Waals surface area (Å²) in [5, 5.41) is 8.85. The summed E-state index contributed by atoms with van der Waals surface area (Å²) in [5.41, 5.74) is 2.74. The summed E-state index contributed by atoms with van der Waals surface area (Å²) in [6.45, 7) is 3.94. The molecule has 1 aliphatic heterocycles. The molecule has 1 aliphatic rings. The number of rotatable bonds is 4. The molecule has 3 rings (SSSR count). The summed E-state index contributed by atoms with van der Waals surface area (Å²) < 4.78 is 5.65. The Balaban J connectivity index is 1.57. The number of nitrogens with zero attached hydrogens (tertiary/aromatic N) is 2. The number of ether oxygens (including phenoxy) is 1. The number of benzene rings is 2. The quantitative estimate of drug-likeness (QED) is 0.853. The Bertz CT molecular complexity index is 760. The Morgan fingerprint density at radius 3 is 2.40 bits per heavy atom. The fourth-order valence-electron chi connectivity index (χ4n) is 3.13. The minimum absolute atomic E-state index is 0.0581. The van der Waals surface area contributed by atoms with Gasteiger partial charge in [0.2, 0.25) is 0 Å². The topological polar surface area (TPSA) is 53.3 Å². The molecule has 4 nitrogen and oxygen atoms in total. The zero-order valence-electron chi connectivity index (χ0n) is 14.4. The number of carbonyl (C=O) groups excluding carboxylic acids is 1. The predicted molar refractivity (Wildman–Crippen MR) is 97.1 cm³/mol. The van der Waals surface area contributed by atoms with Gasteiger partial charge < -0.3 is 9.64 Å². The summed E-state index contributed by atoms with van der Waals surface area (Å²) in [5.74, 6) is 1.32. The van der Waals surface area contributed by atoms with Crippen molar-refractivity contribution in [1.29, 1.82) is 5.26 Å². The van der Waals surface area contributed by atoms with E-state index in [-0.39, 0.29) is 12.5 Å². The van der Waals surface area contributed by atoms with Crippen LogP contribution < -0.4 is 4.74 Å². The average Bonchev–Trinajstić information content (AvgIpc) is 2.66. The van der Waals surface area contributed by atoms with E-state index < -0.39 is 0 Å². The molecule has 128 valence electrons. The van der Waals surface area contributed by atoms with Gasteiger partial charge in [-0.15, -0.1) is 0 Å². The second-order valence-electron chi connectivity index (χ2n) is 6.59. The molecule has 1 atom stereocenters. The molecule has 4 heteroatoms. The van der Waals surface area contributed by atoms with Crippen LogP contribution in [-0.4, -0.2) is 30.5 Å². The number of hydrogen-bond acceptors (Lipinski definition) is 3. The van der Waals surface area contributed by atoms with Crippen LogP contribution in [0.1, 0.15) is 25.3 Å². The molecular weight excluding hydrogens is 312 g/mol. The summed E-state index contributed by atoms with van der Waals surface area (Å²) >= 11 is 0. The lowest BCUT2D eigenvalue weighted by atomic mass is 10.0. The number of amides is 1. The van der Waals surface area contributed by atoms with Crippen LogP contribution in [-0.2, 0) is 4.79 Å². The lowest BCUT2D eigenvalue weighted by Crippen LogP contribution is -2.41. The summed E-state index contributed by atoms with van der Waals surface area (Å²) in [4.78, 5) is 14.1. The molecular formula is C21H22N2O2. The lowest BCUT2D eigenvalue weighted by molar-refractivity contribution is -0.135. The van der Waals surface area contributed by atoms with Gasteiger partial charge in [0, 0.05) is 13.1 Å². The van der Waals surface area contributed by atoms with E-state index in [1.807, 2.05) is 41.3 Å². The van der Waals surface area contributed by atoms with E-state index in [0.29, 0.717) is 17.2 Å². The molecule has 25 heavy (non-hydrogen) atoms. The maximum Gasteiger partial charge on any atom is 0.260 e. The molecule has 0 bridgehead atoms. The minimum atomic E-state index is 0.0581. The molecule has 1 fully saturated rings. The first-order valence-corrected chi connectivity index (χ1v) is 8.67. The van der Waals surface area contributed by atoms with Crippen molar-refractivity contribution in [1.82, 2.24) is 4.90 Å². The van der Waals surface area contributed by atoms with Crippen LogP contribution >= 0.6 is 0 Å². The fourth-order valence-corrected chi connectivity index (χ4v) is 3.13. The Morgan fingerprint density at radius 1 is 1.16 bits per heavy atom. The van der Waals surface area contributed by atoms with E-state index in [1.54, 1.807) is 12.1 Å². The third kappa shape index (κ3) is 4.39. The molecule has 0 spiro atoms. The second-order valence-corrected chi connectivity index (χ2v) is 6.59. The maximum absolute atomic E-state index is 12.2. The minimum Gasteiger partial charge on any atom is -0.484 e. The molecule has 0 aliphatic carbocycles. The third-order valence-corrected chi connectivity index (χ3v) is 4.57. The number of hydrogen-bond donors (Lipinski definition) is 0. The van der Waals surface area contributed by atoms with Gasteiger partial charge in [-0.05, 0) is 54.2 Å². The van der Waals surface area contributed by atoms with Gasteiger partial charge in [-0.25, -0.2) is 0 Å². The highest BCUT2D eigenvalue weighted by atomic mass is 16.5. The largest absolute Gasteiger partial charge is 0.484 e. The van der Waals surface area contributed by atoms with Crippen LogP contribution in [0.15, 0.2) is 48.5 Å². The third-order valence-electron chi connectivity index (χ3n) is 4.57. The van der Waals surface area contributed by atoms with Crippen molar-refractivity contribution in [2.24, 2.45) is 5.92 Å². The molecule has 0 saturated carbocycles.